The summed E-state index contributed by atoms with van der Waals surface area (Å²) in [6, 6.07) is 9.52. The first-order valence-corrected chi connectivity index (χ1v) is 9.08. The van der Waals surface area contributed by atoms with Crippen LogP contribution in [0, 0.1) is 0 Å². The van der Waals surface area contributed by atoms with Crippen LogP contribution in [0.4, 0.5) is 13.2 Å². The van der Waals surface area contributed by atoms with Gasteiger partial charge in [-0.2, -0.15) is 13.2 Å². The minimum atomic E-state index is -4.53. The molecule has 1 amide bonds. The molecule has 2 heterocycles. The number of rotatable bonds is 6. The molecule has 1 N–H and O–H groups in total. The third kappa shape index (κ3) is 4.62. The Labute approximate surface area is 161 Å². The molecule has 0 bridgehead atoms. The predicted octanol–water partition coefficient (Wildman–Crippen LogP) is 3.68. The number of alkyl halides is 3. The normalized spacial score (nSPS) is 16.0. The van der Waals surface area contributed by atoms with Crippen molar-refractivity contribution in [3.05, 3.63) is 59.4 Å². The van der Waals surface area contributed by atoms with Crippen LogP contribution in [-0.2, 0) is 6.18 Å². The first-order chi connectivity index (χ1) is 13.4. The number of carbonyl (C=O) groups is 1. The average Bonchev–Trinajstić information content (AvgIpc) is 3.22. The van der Waals surface area contributed by atoms with E-state index in [2.05, 4.69) is 15.2 Å². The molecule has 28 heavy (non-hydrogen) atoms. The van der Waals surface area contributed by atoms with Crippen LogP contribution in [-0.4, -0.2) is 42.5 Å². The van der Waals surface area contributed by atoms with Crippen molar-refractivity contribution in [3.63, 3.8) is 0 Å². The number of para-hydroxylation sites is 1. The molecular weight excluding hydrogens is 371 g/mol. The molecule has 5 nitrogen and oxygen atoms in total. The van der Waals surface area contributed by atoms with Crippen molar-refractivity contribution in [1.29, 1.82) is 0 Å². The number of methoxy groups -OCH3 is 1. The number of aromatic nitrogens is 1. The second-order valence-electron chi connectivity index (χ2n) is 6.64. The van der Waals surface area contributed by atoms with Crippen molar-refractivity contribution >= 4 is 5.91 Å². The fraction of sp³-hybridized carbons (Fsp3) is 0.400. The molecule has 3 rings (SSSR count). The zero-order valence-corrected chi connectivity index (χ0v) is 15.5. The van der Waals surface area contributed by atoms with Gasteiger partial charge in [-0.05, 0) is 44.1 Å². The second-order valence-corrected chi connectivity index (χ2v) is 6.64. The smallest absolute Gasteiger partial charge is 0.433 e. The molecule has 0 saturated carbocycles. The van der Waals surface area contributed by atoms with Crippen LogP contribution >= 0.6 is 0 Å². The number of pyridine rings is 1. The topological polar surface area (TPSA) is 54.5 Å². The van der Waals surface area contributed by atoms with Gasteiger partial charge in [0, 0.05) is 18.3 Å². The van der Waals surface area contributed by atoms with Gasteiger partial charge in [-0.1, -0.05) is 18.2 Å². The Morgan fingerprint density at radius 2 is 1.93 bits per heavy atom. The Hall–Kier alpha value is -2.61. The van der Waals surface area contributed by atoms with Gasteiger partial charge in [-0.25, -0.2) is 0 Å². The van der Waals surface area contributed by atoms with Gasteiger partial charge in [-0.15, -0.1) is 0 Å². The maximum absolute atomic E-state index is 12.6. The summed E-state index contributed by atoms with van der Waals surface area (Å²) >= 11 is 0. The molecule has 0 aliphatic carbocycles. The number of hydrogen-bond donors (Lipinski definition) is 1. The second kappa shape index (κ2) is 8.60. The largest absolute Gasteiger partial charge is 0.496 e. The first-order valence-electron chi connectivity index (χ1n) is 9.08. The lowest BCUT2D eigenvalue weighted by atomic mass is 10.0. The van der Waals surface area contributed by atoms with Crippen molar-refractivity contribution in [1.82, 2.24) is 15.2 Å². The Kier molecular flexibility index (Phi) is 6.18. The summed E-state index contributed by atoms with van der Waals surface area (Å²) in [6.07, 6.45) is -1.41. The third-order valence-corrected chi connectivity index (χ3v) is 4.85. The molecule has 1 unspecified atom stereocenters. The summed E-state index contributed by atoms with van der Waals surface area (Å²) in [5, 5.41) is 2.83. The monoisotopic (exact) mass is 393 g/mol. The van der Waals surface area contributed by atoms with Gasteiger partial charge >= 0.3 is 6.18 Å². The maximum Gasteiger partial charge on any atom is 0.433 e. The number of carbonyl (C=O) groups excluding carboxylic acids is 1. The Bertz CT molecular complexity index is 803. The van der Waals surface area contributed by atoms with E-state index >= 15 is 0 Å². The van der Waals surface area contributed by atoms with E-state index in [1.807, 2.05) is 24.3 Å². The Morgan fingerprint density at radius 3 is 2.54 bits per heavy atom. The molecule has 150 valence electrons. The van der Waals surface area contributed by atoms with Gasteiger partial charge in [0.1, 0.15) is 11.4 Å². The molecule has 1 aromatic carbocycles. The van der Waals surface area contributed by atoms with E-state index in [4.69, 9.17) is 4.74 Å². The van der Waals surface area contributed by atoms with E-state index in [0.717, 1.165) is 55.6 Å². The molecule has 1 saturated heterocycles. The van der Waals surface area contributed by atoms with Crippen molar-refractivity contribution in [2.24, 2.45) is 0 Å². The quantitative estimate of drug-likeness (QED) is 0.814. The summed E-state index contributed by atoms with van der Waals surface area (Å²) in [5.74, 6) is 0.283. The highest BCUT2D eigenvalue weighted by molar-refractivity contribution is 5.93. The van der Waals surface area contributed by atoms with Crippen molar-refractivity contribution < 1.29 is 22.7 Å². The summed E-state index contributed by atoms with van der Waals surface area (Å²) in [4.78, 5) is 18.1. The lowest BCUT2D eigenvalue weighted by Crippen LogP contribution is -2.37. The molecular formula is C20H22F3N3O2. The minimum absolute atomic E-state index is 0.0787. The van der Waals surface area contributed by atoms with E-state index in [9.17, 15) is 18.0 Å². The molecule has 1 aliphatic rings. The number of ether oxygens (including phenoxy) is 1. The molecule has 8 heteroatoms. The lowest BCUT2D eigenvalue weighted by Gasteiger charge is -2.29. The molecule has 1 fully saturated rings. The molecule has 2 aromatic rings. The molecule has 0 radical (unpaired) electrons. The summed E-state index contributed by atoms with van der Waals surface area (Å²) in [7, 11) is 1.60. The van der Waals surface area contributed by atoms with Crippen LogP contribution < -0.4 is 10.1 Å². The summed E-state index contributed by atoms with van der Waals surface area (Å²) in [6.45, 7) is 2.15. The fourth-order valence-electron chi connectivity index (χ4n) is 3.42. The number of nitrogens with zero attached hydrogens (tertiary/aromatic N) is 2. The number of benzene rings is 1. The standard InChI is InChI=1S/C20H22F3N3O2/c1-28-17-7-3-2-6-15(17)16(26-10-4-5-11-26)13-25-19(27)14-8-9-18(24-12-14)20(21,22)23/h2-3,6-9,12,16H,4-5,10-11,13H2,1H3,(H,25,27). The van der Waals surface area contributed by atoms with Gasteiger partial charge in [0.15, 0.2) is 0 Å². The van der Waals surface area contributed by atoms with Crippen molar-refractivity contribution in [2.75, 3.05) is 26.7 Å². The first kappa shape index (κ1) is 20.1. The van der Waals surface area contributed by atoms with Crippen LogP contribution in [0.1, 0.15) is 40.5 Å². The number of halogens is 3. The van der Waals surface area contributed by atoms with E-state index in [0.29, 0.717) is 6.54 Å². The Balaban J connectivity index is 1.74. The van der Waals surface area contributed by atoms with Gasteiger partial charge in [0.2, 0.25) is 0 Å². The molecule has 1 atom stereocenters. The fourth-order valence-corrected chi connectivity index (χ4v) is 3.42. The van der Waals surface area contributed by atoms with Crippen LogP contribution in [0.2, 0.25) is 0 Å². The van der Waals surface area contributed by atoms with Crippen LogP contribution in [0.5, 0.6) is 5.75 Å². The van der Waals surface area contributed by atoms with Gasteiger partial charge in [0.05, 0.1) is 18.7 Å². The Morgan fingerprint density at radius 1 is 1.21 bits per heavy atom. The summed E-state index contributed by atoms with van der Waals surface area (Å²) < 4.78 is 43.3. The lowest BCUT2D eigenvalue weighted by molar-refractivity contribution is -0.141. The molecule has 0 spiro atoms. The SMILES string of the molecule is COc1ccccc1C(CNC(=O)c1ccc(C(F)(F)F)nc1)N1CCCC1. The minimum Gasteiger partial charge on any atom is -0.496 e. The van der Waals surface area contributed by atoms with E-state index in [1.54, 1.807) is 7.11 Å². The van der Waals surface area contributed by atoms with Crippen molar-refractivity contribution in [3.8, 4) is 5.75 Å². The van der Waals surface area contributed by atoms with E-state index < -0.39 is 17.8 Å². The maximum atomic E-state index is 12.6. The van der Waals surface area contributed by atoms with Gasteiger partial charge < -0.3 is 10.1 Å². The number of nitrogens with one attached hydrogen (secondary N) is 1. The number of likely N-dealkylation sites (tertiary alicyclic amines) is 1. The highest BCUT2D eigenvalue weighted by Gasteiger charge is 2.32. The molecule has 1 aliphatic heterocycles. The van der Waals surface area contributed by atoms with E-state index in [-0.39, 0.29) is 11.6 Å². The number of amides is 1. The highest BCUT2D eigenvalue weighted by Crippen LogP contribution is 2.31. The van der Waals surface area contributed by atoms with Crippen LogP contribution in [0.15, 0.2) is 42.6 Å². The van der Waals surface area contributed by atoms with Gasteiger partial charge in [-0.3, -0.25) is 14.7 Å². The zero-order valence-electron chi connectivity index (χ0n) is 15.5. The predicted molar refractivity (Wildman–Crippen MR) is 98.1 cm³/mol. The van der Waals surface area contributed by atoms with Crippen molar-refractivity contribution in [2.45, 2.75) is 25.1 Å². The van der Waals surface area contributed by atoms with Gasteiger partial charge in [0.25, 0.3) is 5.91 Å². The highest BCUT2D eigenvalue weighted by atomic mass is 19.4. The van der Waals surface area contributed by atoms with E-state index in [1.165, 1.54) is 0 Å². The summed E-state index contributed by atoms with van der Waals surface area (Å²) in [5.41, 5.74) is 0.0407. The molecule has 1 aromatic heterocycles. The average molecular weight is 393 g/mol. The third-order valence-electron chi connectivity index (χ3n) is 4.85. The van der Waals surface area contributed by atoms with Crippen LogP contribution in [0.3, 0.4) is 0 Å². The number of hydrogen-bond acceptors (Lipinski definition) is 4. The zero-order chi connectivity index (χ0) is 20.1. The van der Waals surface area contributed by atoms with Crippen LogP contribution in [0.25, 0.3) is 0 Å².